The number of imidazole rings is 1. The van der Waals surface area contributed by atoms with Crippen LogP contribution in [0, 0.1) is 11.7 Å². The number of fused-ring (bicyclic) bond motifs is 2. The standard InChI is InChI=1S/C40H42F4N8O5/c1-49-35-26(10-11-27(41)36(35)52(39(49)56)31-12-13-34(53)47-38(31)55)23-14-16-50(17-15-23)20-22-6-8-25(9-7-22)51-21-24-18-30(32(57-2)19-29(24)48-51)46-37(54)28-4-3-5-33(45-28)40(42,43)44/h3-5,10-11,18-19,21-23,25,31H,6-9,12-17,20H2,1-2H3,(H,46,54)(H,47,53,55). The topological polar surface area (TPSA) is 145 Å². The van der Waals surface area contributed by atoms with Gasteiger partial charge in [-0.05, 0) is 99.7 Å². The number of amides is 3. The number of benzene rings is 2. The monoisotopic (exact) mass is 790 g/mol. The molecule has 13 nitrogen and oxygen atoms in total. The quantitative estimate of drug-likeness (QED) is 0.142. The van der Waals surface area contributed by atoms with E-state index in [-0.39, 0.29) is 36.0 Å². The number of aromatic nitrogens is 5. The largest absolute Gasteiger partial charge is 0.494 e. The van der Waals surface area contributed by atoms with E-state index >= 15 is 4.39 Å². The van der Waals surface area contributed by atoms with Gasteiger partial charge in [0.15, 0.2) is 0 Å². The highest BCUT2D eigenvalue weighted by atomic mass is 19.4. The summed E-state index contributed by atoms with van der Waals surface area (Å²) in [6.45, 7) is 2.69. The van der Waals surface area contributed by atoms with Crippen LogP contribution in [0.2, 0.25) is 0 Å². The molecule has 5 heterocycles. The van der Waals surface area contributed by atoms with Gasteiger partial charge in [0, 0.05) is 37.7 Å². The number of ether oxygens (including phenoxy) is 1. The molecule has 8 rings (SSSR count). The highest BCUT2D eigenvalue weighted by Crippen LogP contribution is 2.38. The lowest BCUT2D eigenvalue weighted by Crippen LogP contribution is -2.44. The molecule has 0 spiro atoms. The molecule has 1 atom stereocenters. The van der Waals surface area contributed by atoms with Crippen LogP contribution >= 0.6 is 0 Å². The maximum atomic E-state index is 15.4. The van der Waals surface area contributed by atoms with Gasteiger partial charge in [0.1, 0.15) is 34.5 Å². The van der Waals surface area contributed by atoms with Crippen molar-refractivity contribution in [3.63, 3.8) is 0 Å². The van der Waals surface area contributed by atoms with Gasteiger partial charge in [-0.25, -0.2) is 14.2 Å². The second kappa shape index (κ2) is 15.1. The Morgan fingerprint density at radius 2 is 1.74 bits per heavy atom. The van der Waals surface area contributed by atoms with E-state index in [1.807, 2.05) is 10.9 Å². The molecule has 2 N–H and O–H groups in total. The third kappa shape index (κ3) is 7.40. The zero-order valence-corrected chi connectivity index (χ0v) is 31.4. The Hall–Kier alpha value is -5.58. The van der Waals surface area contributed by atoms with Crippen LogP contribution in [0.1, 0.15) is 91.1 Å². The maximum Gasteiger partial charge on any atom is 0.433 e. The molecule has 2 saturated heterocycles. The van der Waals surface area contributed by atoms with Gasteiger partial charge in [0.05, 0.1) is 29.9 Å². The molecule has 2 aromatic carbocycles. The van der Waals surface area contributed by atoms with Crippen molar-refractivity contribution in [3.8, 4) is 5.75 Å². The molecule has 0 bridgehead atoms. The van der Waals surface area contributed by atoms with E-state index in [2.05, 4.69) is 20.5 Å². The van der Waals surface area contributed by atoms with Crippen LogP contribution in [0.4, 0.5) is 23.2 Å². The Morgan fingerprint density at radius 1 is 0.982 bits per heavy atom. The van der Waals surface area contributed by atoms with Crippen molar-refractivity contribution in [1.29, 1.82) is 0 Å². The third-order valence-corrected chi connectivity index (χ3v) is 11.8. The molecule has 300 valence electrons. The summed E-state index contributed by atoms with van der Waals surface area (Å²) >= 11 is 0. The summed E-state index contributed by atoms with van der Waals surface area (Å²) in [7, 11) is 3.04. The molecule has 3 aliphatic rings. The predicted octanol–water partition coefficient (Wildman–Crippen LogP) is 6.09. The molecule has 5 aromatic rings. The number of halogens is 4. The number of rotatable bonds is 8. The van der Waals surface area contributed by atoms with Crippen LogP contribution < -0.4 is 21.1 Å². The number of piperidine rings is 2. The fraction of sp³-hybridized carbons (Fsp3) is 0.450. The zero-order valence-electron chi connectivity index (χ0n) is 31.4. The number of anilines is 1. The van der Waals surface area contributed by atoms with Crippen molar-refractivity contribution >= 4 is 45.3 Å². The highest BCUT2D eigenvalue weighted by Gasteiger charge is 2.35. The van der Waals surface area contributed by atoms with Gasteiger partial charge in [-0.3, -0.25) is 33.5 Å². The van der Waals surface area contributed by atoms with Crippen molar-refractivity contribution < 1.29 is 36.7 Å². The van der Waals surface area contributed by atoms with E-state index in [1.54, 1.807) is 25.2 Å². The van der Waals surface area contributed by atoms with Gasteiger partial charge in [0.25, 0.3) is 5.91 Å². The maximum absolute atomic E-state index is 15.4. The van der Waals surface area contributed by atoms with Crippen molar-refractivity contribution in [2.45, 2.75) is 75.5 Å². The first-order valence-electron chi connectivity index (χ1n) is 19.2. The number of hydrogen-bond acceptors (Lipinski definition) is 8. The van der Waals surface area contributed by atoms with E-state index in [0.717, 1.165) is 81.2 Å². The van der Waals surface area contributed by atoms with Crippen LogP contribution in [-0.4, -0.2) is 73.3 Å². The summed E-state index contributed by atoms with van der Waals surface area (Å²) in [6.07, 6.45) is 3.05. The minimum absolute atomic E-state index is 0.0808. The number of carbonyl (C=O) groups excluding carboxylic acids is 3. The molecule has 1 unspecified atom stereocenters. The van der Waals surface area contributed by atoms with Gasteiger partial charge in [0.2, 0.25) is 11.8 Å². The molecule has 1 aliphatic carbocycles. The van der Waals surface area contributed by atoms with Crippen molar-refractivity contribution in [2.75, 3.05) is 32.1 Å². The van der Waals surface area contributed by atoms with E-state index in [1.165, 1.54) is 28.4 Å². The van der Waals surface area contributed by atoms with E-state index in [9.17, 15) is 32.3 Å². The fourth-order valence-corrected chi connectivity index (χ4v) is 8.87. The molecule has 57 heavy (non-hydrogen) atoms. The Morgan fingerprint density at radius 3 is 2.44 bits per heavy atom. The van der Waals surface area contributed by atoms with E-state index in [0.29, 0.717) is 28.4 Å². The molecule has 3 amide bonds. The second-order valence-corrected chi connectivity index (χ2v) is 15.3. The molecular formula is C40H42F4N8O5. The van der Waals surface area contributed by atoms with Crippen molar-refractivity contribution in [1.82, 2.24) is 34.1 Å². The number of aryl methyl sites for hydroxylation is 1. The van der Waals surface area contributed by atoms with Gasteiger partial charge >= 0.3 is 11.9 Å². The Kier molecular flexibility index (Phi) is 10.1. The number of methoxy groups -OCH3 is 1. The minimum Gasteiger partial charge on any atom is -0.494 e. The van der Waals surface area contributed by atoms with Crippen LogP contribution in [0.3, 0.4) is 0 Å². The number of carbonyl (C=O) groups is 3. The lowest BCUT2D eigenvalue weighted by molar-refractivity contribution is -0.141. The van der Waals surface area contributed by atoms with Crippen molar-refractivity contribution in [2.24, 2.45) is 13.0 Å². The summed E-state index contributed by atoms with van der Waals surface area (Å²) in [5, 5.41) is 10.5. The van der Waals surface area contributed by atoms with Gasteiger partial charge in [-0.2, -0.15) is 18.3 Å². The van der Waals surface area contributed by atoms with Gasteiger partial charge in [-0.15, -0.1) is 0 Å². The molecule has 17 heteroatoms. The fourth-order valence-electron chi connectivity index (χ4n) is 8.87. The number of alkyl halides is 3. The first-order chi connectivity index (χ1) is 27.3. The summed E-state index contributed by atoms with van der Waals surface area (Å²) in [6, 6.07) is 8.92. The summed E-state index contributed by atoms with van der Waals surface area (Å²) in [5.41, 5.74) is 0.451. The second-order valence-electron chi connectivity index (χ2n) is 15.3. The lowest BCUT2D eigenvalue weighted by atomic mass is 9.84. The summed E-state index contributed by atoms with van der Waals surface area (Å²) in [5.74, 6) is -1.43. The van der Waals surface area contributed by atoms with E-state index in [4.69, 9.17) is 9.84 Å². The number of pyridine rings is 1. The molecule has 1 saturated carbocycles. The van der Waals surface area contributed by atoms with Crippen LogP contribution in [0.15, 0.2) is 53.5 Å². The number of nitrogens with one attached hydrogen (secondary N) is 2. The number of hydrogen-bond donors (Lipinski definition) is 2. The van der Waals surface area contributed by atoms with Crippen LogP contribution in [0.5, 0.6) is 5.75 Å². The first kappa shape index (κ1) is 38.3. The van der Waals surface area contributed by atoms with E-state index < -0.39 is 47.1 Å². The smallest absolute Gasteiger partial charge is 0.433 e. The number of nitrogens with zero attached hydrogens (tertiary/aromatic N) is 6. The zero-order chi connectivity index (χ0) is 40.2. The van der Waals surface area contributed by atoms with Crippen LogP contribution in [-0.2, 0) is 22.8 Å². The molecule has 0 radical (unpaired) electrons. The van der Waals surface area contributed by atoms with Gasteiger partial charge < -0.3 is 15.0 Å². The summed E-state index contributed by atoms with van der Waals surface area (Å²) in [4.78, 5) is 56.7. The van der Waals surface area contributed by atoms with Crippen LogP contribution in [0.25, 0.3) is 21.9 Å². The Bertz CT molecular complexity index is 2440. The minimum atomic E-state index is -4.68. The Labute approximate surface area is 324 Å². The molecule has 2 aliphatic heterocycles. The average Bonchev–Trinajstić information content (AvgIpc) is 3.73. The predicted molar refractivity (Wildman–Crippen MR) is 201 cm³/mol. The molecular weight excluding hydrogens is 748 g/mol. The van der Waals surface area contributed by atoms with Crippen molar-refractivity contribution in [3.05, 3.63) is 81.9 Å². The van der Waals surface area contributed by atoms with Gasteiger partial charge in [-0.1, -0.05) is 12.1 Å². The molecule has 3 aromatic heterocycles. The summed E-state index contributed by atoms with van der Waals surface area (Å²) < 4.78 is 65.0. The molecule has 3 fully saturated rings. The first-order valence-corrected chi connectivity index (χ1v) is 19.2. The number of imide groups is 1. The normalized spacial score (nSPS) is 21.3. The third-order valence-electron chi connectivity index (χ3n) is 11.8. The Balaban J connectivity index is 0.886. The SMILES string of the molecule is COc1cc2nn(C3CCC(CN4CCC(c5ccc(F)c6c5n(C)c(=O)n6C5CCC(=O)NC5=O)CC4)CC3)cc2cc1NC(=O)c1cccc(C(F)(F)F)n1. The number of likely N-dealkylation sites (tertiary alicyclic amines) is 1. The lowest BCUT2D eigenvalue weighted by Gasteiger charge is -2.37. The highest BCUT2D eigenvalue weighted by molar-refractivity contribution is 6.05. The average molecular weight is 791 g/mol.